The van der Waals surface area contributed by atoms with Gasteiger partial charge in [0.2, 0.25) is 0 Å². The Kier molecular flexibility index (Phi) is 5.23. The van der Waals surface area contributed by atoms with E-state index >= 15 is 0 Å². The van der Waals surface area contributed by atoms with Gasteiger partial charge in [-0.25, -0.2) is 5.43 Å². The summed E-state index contributed by atoms with van der Waals surface area (Å²) in [5.74, 6) is -1.33. The first-order valence-corrected chi connectivity index (χ1v) is 6.97. The summed E-state index contributed by atoms with van der Waals surface area (Å²) in [6, 6.07) is 4.23. The van der Waals surface area contributed by atoms with Crippen LogP contribution in [0.2, 0.25) is 0 Å². The number of amides is 2. The number of nitro groups is 1. The zero-order valence-electron chi connectivity index (χ0n) is 12.5. The maximum Gasteiger partial charge on any atom is 0.329 e. The van der Waals surface area contributed by atoms with E-state index in [1.54, 1.807) is 6.07 Å². The minimum Gasteiger partial charge on any atom is -0.490 e. The summed E-state index contributed by atoms with van der Waals surface area (Å²) in [5.41, 5.74) is 2.31. The first kappa shape index (κ1) is 16.4. The van der Waals surface area contributed by atoms with Crippen LogP contribution < -0.4 is 10.2 Å². The van der Waals surface area contributed by atoms with Crippen molar-refractivity contribution in [3.05, 3.63) is 33.9 Å². The Morgan fingerprint density at radius 1 is 1.39 bits per heavy atom. The summed E-state index contributed by atoms with van der Waals surface area (Å²) in [6.45, 7) is 1.14. The molecule has 2 rings (SSSR count). The number of ether oxygens (including phenoxy) is 1. The SMILES string of the molecule is COc1ccc(/C=N\NC(=O)C(=O)N2CCCC2)cc1[N+](=O)[O-]. The van der Waals surface area contributed by atoms with Gasteiger partial charge in [-0.3, -0.25) is 19.7 Å². The van der Waals surface area contributed by atoms with Crippen molar-refractivity contribution in [2.45, 2.75) is 12.8 Å². The van der Waals surface area contributed by atoms with Gasteiger partial charge in [0.25, 0.3) is 0 Å². The summed E-state index contributed by atoms with van der Waals surface area (Å²) < 4.78 is 4.89. The van der Waals surface area contributed by atoms with Crippen LogP contribution in [0.15, 0.2) is 23.3 Å². The zero-order chi connectivity index (χ0) is 16.8. The second kappa shape index (κ2) is 7.34. The lowest BCUT2D eigenvalue weighted by atomic mass is 10.2. The number of hydrogen-bond donors (Lipinski definition) is 1. The molecule has 1 aromatic rings. The summed E-state index contributed by atoms with van der Waals surface area (Å²) in [5, 5.41) is 14.6. The van der Waals surface area contributed by atoms with Crippen molar-refractivity contribution in [3.8, 4) is 5.75 Å². The van der Waals surface area contributed by atoms with E-state index in [1.807, 2.05) is 0 Å². The fourth-order valence-corrected chi connectivity index (χ4v) is 2.21. The highest BCUT2D eigenvalue weighted by molar-refractivity contribution is 6.35. The molecule has 0 unspecified atom stereocenters. The van der Waals surface area contributed by atoms with Crippen molar-refractivity contribution >= 4 is 23.7 Å². The Hall–Kier alpha value is -2.97. The molecule has 1 aromatic carbocycles. The Bertz CT molecular complexity index is 653. The van der Waals surface area contributed by atoms with Gasteiger partial charge in [-0.1, -0.05) is 0 Å². The highest BCUT2D eigenvalue weighted by Gasteiger charge is 2.24. The van der Waals surface area contributed by atoms with Gasteiger partial charge in [-0.05, 0) is 25.0 Å². The quantitative estimate of drug-likeness (QED) is 0.379. The van der Waals surface area contributed by atoms with Crippen LogP contribution in [0, 0.1) is 10.1 Å². The van der Waals surface area contributed by atoms with Crippen LogP contribution in [0.4, 0.5) is 5.69 Å². The number of nitro benzene ring substituents is 1. The van der Waals surface area contributed by atoms with Gasteiger partial charge >= 0.3 is 17.5 Å². The van der Waals surface area contributed by atoms with Gasteiger partial charge in [-0.15, -0.1) is 0 Å². The minimum absolute atomic E-state index is 0.125. The predicted molar refractivity (Wildman–Crippen MR) is 81.2 cm³/mol. The number of benzene rings is 1. The standard InChI is InChI=1S/C14H16N4O5/c1-23-12-5-4-10(8-11(12)18(21)22)9-15-16-13(19)14(20)17-6-2-3-7-17/h4-5,8-9H,2-3,6-7H2,1H3,(H,16,19)/b15-9-. The van der Waals surface area contributed by atoms with Crippen LogP contribution in [0.3, 0.4) is 0 Å². The molecule has 0 radical (unpaired) electrons. The molecule has 1 saturated heterocycles. The van der Waals surface area contributed by atoms with Gasteiger partial charge in [0.1, 0.15) is 0 Å². The number of hydrazone groups is 1. The number of carbonyl (C=O) groups is 2. The number of rotatable bonds is 4. The van der Waals surface area contributed by atoms with Crippen LogP contribution >= 0.6 is 0 Å². The molecule has 1 aliphatic heterocycles. The van der Waals surface area contributed by atoms with Crippen molar-refractivity contribution in [3.63, 3.8) is 0 Å². The van der Waals surface area contributed by atoms with Crippen LogP contribution in [0.1, 0.15) is 18.4 Å². The van der Waals surface area contributed by atoms with Crippen LogP contribution in [0.5, 0.6) is 5.75 Å². The lowest BCUT2D eigenvalue weighted by Gasteiger charge is -2.12. The molecule has 1 aliphatic rings. The second-order valence-corrected chi connectivity index (χ2v) is 4.89. The molecule has 0 saturated carbocycles. The number of hydrogen-bond acceptors (Lipinski definition) is 6. The first-order valence-electron chi connectivity index (χ1n) is 6.97. The molecule has 2 amide bonds. The van der Waals surface area contributed by atoms with Crippen molar-refractivity contribution in [2.75, 3.05) is 20.2 Å². The molecule has 9 heteroatoms. The van der Waals surface area contributed by atoms with Gasteiger partial charge in [0.05, 0.1) is 18.2 Å². The van der Waals surface area contributed by atoms with E-state index in [0.717, 1.165) is 12.8 Å². The maximum atomic E-state index is 11.7. The van der Waals surface area contributed by atoms with Gasteiger partial charge in [0, 0.05) is 24.7 Å². The number of likely N-dealkylation sites (tertiary alicyclic amines) is 1. The molecule has 0 aliphatic carbocycles. The largest absolute Gasteiger partial charge is 0.490 e. The molecule has 0 aromatic heterocycles. The number of methoxy groups -OCH3 is 1. The number of carbonyl (C=O) groups excluding carboxylic acids is 2. The van der Waals surface area contributed by atoms with E-state index < -0.39 is 16.7 Å². The molecule has 1 heterocycles. The molecule has 122 valence electrons. The van der Waals surface area contributed by atoms with Crippen LogP contribution in [-0.4, -0.2) is 48.1 Å². The fraction of sp³-hybridized carbons (Fsp3) is 0.357. The first-order chi connectivity index (χ1) is 11.0. The molecule has 0 bridgehead atoms. The summed E-state index contributed by atoms with van der Waals surface area (Å²) >= 11 is 0. The summed E-state index contributed by atoms with van der Waals surface area (Å²) in [6.07, 6.45) is 3.00. The maximum absolute atomic E-state index is 11.7. The average molecular weight is 320 g/mol. The average Bonchev–Trinajstić information content (AvgIpc) is 3.08. The van der Waals surface area contributed by atoms with Crippen LogP contribution in [0.25, 0.3) is 0 Å². The zero-order valence-corrected chi connectivity index (χ0v) is 12.5. The predicted octanol–water partition coefficient (Wildman–Crippen LogP) is 0.676. The summed E-state index contributed by atoms with van der Waals surface area (Å²) in [7, 11) is 1.33. The Labute approximate surface area is 132 Å². The topological polar surface area (TPSA) is 114 Å². The number of nitrogens with zero attached hydrogens (tertiary/aromatic N) is 3. The Morgan fingerprint density at radius 2 is 2.09 bits per heavy atom. The van der Waals surface area contributed by atoms with Crippen molar-refractivity contribution in [1.29, 1.82) is 0 Å². The van der Waals surface area contributed by atoms with Gasteiger partial charge < -0.3 is 9.64 Å². The highest BCUT2D eigenvalue weighted by atomic mass is 16.6. The molecule has 0 atom stereocenters. The molecule has 1 N–H and O–H groups in total. The smallest absolute Gasteiger partial charge is 0.329 e. The Balaban J connectivity index is 2.00. The molecular weight excluding hydrogens is 304 g/mol. The fourth-order valence-electron chi connectivity index (χ4n) is 2.21. The minimum atomic E-state index is -0.828. The van der Waals surface area contributed by atoms with E-state index in [1.165, 1.54) is 30.4 Å². The molecule has 23 heavy (non-hydrogen) atoms. The molecule has 0 spiro atoms. The third kappa shape index (κ3) is 4.02. The molecular formula is C14H16N4O5. The lowest BCUT2D eigenvalue weighted by Crippen LogP contribution is -2.39. The van der Waals surface area contributed by atoms with Gasteiger partial charge in [-0.2, -0.15) is 5.10 Å². The van der Waals surface area contributed by atoms with Crippen LogP contribution in [-0.2, 0) is 9.59 Å². The third-order valence-electron chi connectivity index (χ3n) is 3.37. The van der Waals surface area contributed by atoms with E-state index in [2.05, 4.69) is 10.5 Å². The van der Waals surface area contributed by atoms with E-state index in [4.69, 9.17) is 4.74 Å². The third-order valence-corrected chi connectivity index (χ3v) is 3.37. The van der Waals surface area contributed by atoms with Crippen molar-refractivity contribution in [1.82, 2.24) is 10.3 Å². The van der Waals surface area contributed by atoms with E-state index in [0.29, 0.717) is 18.7 Å². The second-order valence-electron chi connectivity index (χ2n) is 4.89. The monoisotopic (exact) mass is 320 g/mol. The van der Waals surface area contributed by atoms with Crippen molar-refractivity contribution < 1.29 is 19.2 Å². The lowest BCUT2D eigenvalue weighted by molar-refractivity contribution is -0.385. The van der Waals surface area contributed by atoms with E-state index in [9.17, 15) is 19.7 Å². The van der Waals surface area contributed by atoms with E-state index in [-0.39, 0.29) is 11.4 Å². The molecule has 9 nitrogen and oxygen atoms in total. The molecule has 1 fully saturated rings. The van der Waals surface area contributed by atoms with Gasteiger partial charge in [0.15, 0.2) is 5.75 Å². The number of nitrogens with one attached hydrogen (secondary N) is 1. The summed E-state index contributed by atoms with van der Waals surface area (Å²) in [4.78, 5) is 35.2. The Morgan fingerprint density at radius 3 is 2.70 bits per heavy atom. The normalized spacial score (nSPS) is 14.0. The van der Waals surface area contributed by atoms with Crippen molar-refractivity contribution in [2.24, 2.45) is 5.10 Å². The highest BCUT2D eigenvalue weighted by Crippen LogP contribution is 2.26.